The van der Waals surface area contributed by atoms with Gasteiger partial charge in [-0.2, -0.15) is 0 Å². The van der Waals surface area contributed by atoms with E-state index in [1.54, 1.807) is 0 Å². The van der Waals surface area contributed by atoms with Gasteiger partial charge < -0.3 is 5.11 Å². The van der Waals surface area contributed by atoms with Gasteiger partial charge in [0.15, 0.2) is 0 Å². The van der Waals surface area contributed by atoms with Crippen LogP contribution in [-0.4, -0.2) is 5.11 Å². The number of allylic oxidation sites excluding steroid dienone is 1. The second-order valence-corrected chi connectivity index (χ2v) is 4.11. The van der Waals surface area contributed by atoms with Crippen LogP contribution in [0.4, 0.5) is 0 Å². The van der Waals surface area contributed by atoms with E-state index in [1.165, 1.54) is 0 Å². The summed E-state index contributed by atoms with van der Waals surface area (Å²) in [5, 5.41) is 9.86. The first-order valence-electron chi connectivity index (χ1n) is 4.79. The van der Waals surface area contributed by atoms with Crippen molar-refractivity contribution >= 4 is 15.9 Å². The Kier molecular flexibility index (Phi) is 4.91. The van der Waals surface area contributed by atoms with Crippen LogP contribution in [0.5, 0.6) is 0 Å². The fourth-order valence-corrected chi connectivity index (χ4v) is 1.91. The Morgan fingerprint density at radius 1 is 1.43 bits per heavy atom. The van der Waals surface area contributed by atoms with Gasteiger partial charge in [0.05, 0.1) is 6.10 Å². The second kappa shape index (κ2) is 5.99. The molecule has 1 aromatic carbocycles. The Bertz CT molecular complexity index is 296. The van der Waals surface area contributed by atoms with Gasteiger partial charge in [-0.1, -0.05) is 40.2 Å². The molecule has 1 rings (SSSR count). The third kappa shape index (κ3) is 3.28. The Labute approximate surface area is 93.6 Å². The normalized spacial score (nSPS) is 12.4. The first-order chi connectivity index (χ1) is 6.75. The van der Waals surface area contributed by atoms with Crippen LogP contribution in [0.1, 0.15) is 30.9 Å². The van der Waals surface area contributed by atoms with Gasteiger partial charge in [0, 0.05) is 4.47 Å². The fraction of sp³-hybridized carbons (Fsp3) is 0.333. The summed E-state index contributed by atoms with van der Waals surface area (Å²) < 4.78 is 0.978. The van der Waals surface area contributed by atoms with Crippen LogP contribution in [0.2, 0.25) is 0 Å². The molecule has 0 aliphatic rings. The molecule has 0 saturated heterocycles. The van der Waals surface area contributed by atoms with Crippen molar-refractivity contribution in [2.24, 2.45) is 0 Å². The molecular formula is C12H15BrO. The van der Waals surface area contributed by atoms with Crippen molar-refractivity contribution in [1.29, 1.82) is 0 Å². The first-order valence-corrected chi connectivity index (χ1v) is 5.58. The number of hydrogen-bond donors (Lipinski definition) is 1. The summed E-state index contributed by atoms with van der Waals surface area (Å²) in [6.45, 7) is 3.66. The van der Waals surface area contributed by atoms with Crippen molar-refractivity contribution in [3.63, 3.8) is 0 Å². The van der Waals surface area contributed by atoms with Gasteiger partial charge in [-0.3, -0.25) is 0 Å². The molecule has 1 aromatic rings. The lowest BCUT2D eigenvalue weighted by Crippen LogP contribution is -1.97. The van der Waals surface area contributed by atoms with Gasteiger partial charge in [-0.05, 0) is 30.9 Å². The zero-order valence-corrected chi connectivity index (χ0v) is 9.70. The molecule has 14 heavy (non-hydrogen) atoms. The smallest absolute Gasteiger partial charge is 0.0801 e. The average molecular weight is 255 g/mol. The van der Waals surface area contributed by atoms with Crippen LogP contribution in [0, 0.1) is 0 Å². The van der Waals surface area contributed by atoms with Crippen LogP contribution in [0.25, 0.3) is 0 Å². The molecule has 0 amide bonds. The molecule has 1 atom stereocenters. The Hall–Kier alpha value is -0.600. The maximum Gasteiger partial charge on any atom is 0.0801 e. The largest absolute Gasteiger partial charge is 0.388 e. The van der Waals surface area contributed by atoms with Crippen LogP contribution in [0.15, 0.2) is 41.4 Å². The predicted molar refractivity (Wildman–Crippen MR) is 63.1 cm³/mol. The highest BCUT2D eigenvalue weighted by atomic mass is 79.9. The monoisotopic (exact) mass is 254 g/mol. The number of rotatable bonds is 5. The molecule has 0 fully saturated rings. The first kappa shape index (κ1) is 11.5. The van der Waals surface area contributed by atoms with Gasteiger partial charge in [0.2, 0.25) is 0 Å². The van der Waals surface area contributed by atoms with Crippen molar-refractivity contribution in [2.45, 2.75) is 25.4 Å². The SMILES string of the molecule is C=CCCCC(O)c1ccccc1Br. The molecule has 0 aliphatic heterocycles. The van der Waals surface area contributed by atoms with E-state index in [1.807, 2.05) is 30.3 Å². The van der Waals surface area contributed by atoms with Crippen LogP contribution in [0.3, 0.4) is 0 Å². The van der Waals surface area contributed by atoms with Crippen molar-refractivity contribution in [3.05, 3.63) is 47.0 Å². The zero-order chi connectivity index (χ0) is 10.4. The molecule has 0 radical (unpaired) electrons. The molecule has 1 nitrogen and oxygen atoms in total. The van der Waals surface area contributed by atoms with E-state index in [-0.39, 0.29) is 6.10 Å². The highest BCUT2D eigenvalue weighted by molar-refractivity contribution is 9.10. The highest BCUT2D eigenvalue weighted by Gasteiger charge is 2.09. The quantitative estimate of drug-likeness (QED) is 0.626. The van der Waals surface area contributed by atoms with Crippen LogP contribution >= 0.6 is 15.9 Å². The van der Waals surface area contributed by atoms with Crippen molar-refractivity contribution in [3.8, 4) is 0 Å². The number of unbranched alkanes of at least 4 members (excludes halogenated alkanes) is 1. The number of hydrogen-bond acceptors (Lipinski definition) is 1. The second-order valence-electron chi connectivity index (χ2n) is 3.26. The van der Waals surface area contributed by atoms with E-state index in [2.05, 4.69) is 22.5 Å². The summed E-state index contributed by atoms with van der Waals surface area (Å²) in [5.74, 6) is 0. The summed E-state index contributed by atoms with van der Waals surface area (Å²) in [4.78, 5) is 0. The maximum absolute atomic E-state index is 9.86. The minimum Gasteiger partial charge on any atom is -0.388 e. The van der Waals surface area contributed by atoms with Gasteiger partial charge in [0.1, 0.15) is 0 Å². The zero-order valence-electron chi connectivity index (χ0n) is 8.12. The molecule has 0 aromatic heterocycles. The van der Waals surface area contributed by atoms with E-state index < -0.39 is 0 Å². The lowest BCUT2D eigenvalue weighted by atomic mass is 10.0. The standard InChI is InChI=1S/C12H15BrO/c1-2-3-4-9-12(14)10-7-5-6-8-11(10)13/h2,5-8,12,14H,1,3-4,9H2. The van der Waals surface area contributed by atoms with Crippen molar-refractivity contribution in [2.75, 3.05) is 0 Å². The Morgan fingerprint density at radius 2 is 2.14 bits per heavy atom. The number of aliphatic hydroxyl groups is 1. The van der Waals surface area contributed by atoms with Gasteiger partial charge >= 0.3 is 0 Å². The van der Waals surface area contributed by atoms with Crippen molar-refractivity contribution < 1.29 is 5.11 Å². The van der Waals surface area contributed by atoms with Gasteiger partial charge in [0.25, 0.3) is 0 Å². The third-order valence-corrected chi connectivity index (χ3v) is 2.87. The summed E-state index contributed by atoms with van der Waals surface area (Å²) in [7, 11) is 0. The molecule has 0 aliphatic carbocycles. The summed E-state index contributed by atoms with van der Waals surface area (Å²) in [6, 6.07) is 7.79. The van der Waals surface area contributed by atoms with Gasteiger partial charge in [-0.25, -0.2) is 0 Å². The van der Waals surface area contributed by atoms with E-state index in [9.17, 15) is 5.11 Å². The Morgan fingerprint density at radius 3 is 2.79 bits per heavy atom. The maximum atomic E-state index is 9.86. The highest BCUT2D eigenvalue weighted by Crippen LogP contribution is 2.26. The summed E-state index contributed by atoms with van der Waals surface area (Å²) >= 11 is 3.43. The molecular weight excluding hydrogens is 240 g/mol. The molecule has 0 heterocycles. The van der Waals surface area contributed by atoms with Gasteiger partial charge in [-0.15, -0.1) is 6.58 Å². The average Bonchev–Trinajstić information content (AvgIpc) is 2.18. The fourth-order valence-electron chi connectivity index (χ4n) is 1.36. The molecule has 0 bridgehead atoms. The minimum absolute atomic E-state index is 0.370. The van der Waals surface area contributed by atoms with E-state index >= 15 is 0 Å². The van der Waals surface area contributed by atoms with Crippen LogP contribution in [-0.2, 0) is 0 Å². The predicted octanol–water partition coefficient (Wildman–Crippen LogP) is 3.84. The van der Waals surface area contributed by atoms with E-state index in [0.29, 0.717) is 0 Å². The molecule has 1 unspecified atom stereocenters. The topological polar surface area (TPSA) is 20.2 Å². The molecule has 2 heteroatoms. The third-order valence-electron chi connectivity index (χ3n) is 2.15. The summed E-state index contributed by atoms with van der Waals surface area (Å²) in [6.07, 6.45) is 4.24. The molecule has 0 saturated carbocycles. The van der Waals surface area contributed by atoms with Crippen LogP contribution < -0.4 is 0 Å². The van der Waals surface area contributed by atoms with E-state index in [0.717, 1.165) is 29.3 Å². The number of benzene rings is 1. The Balaban J connectivity index is 2.55. The number of halogens is 1. The minimum atomic E-state index is -0.370. The molecule has 1 N–H and O–H groups in total. The van der Waals surface area contributed by atoms with E-state index in [4.69, 9.17) is 0 Å². The lowest BCUT2D eigenvalue weighted by molar-refractivity contribution is 0.164. The molecule has 0 spiro atoms. The lowest BCUT2D eigenvalue weighted by Gasteiger charge is -2.11. The molecule has 76 valence electrons. The number of aliphatic hydroxyl groups excluding tert-OH is 1. The summed E-state index contributed by atoms with van der Waals surface area (Å²) in [5.41, 5.74) is 0.969. The van der Waals surface area contributed by atoms with Crippen molar-refractivity contribution in [1.82, 2.24) is 0 Å².